The predicted molar refractivity (Wildman–Crippen MR) is 46.4 cm³/mol. The molecule has 0 radical (unpaired) electrons. The van der Waals surface area contributed by atoms with Gasteiger partial charge < -0.3 is 10.9 Å². The molecular weight excluding hydrogens is 154 g/mol. The largest absolute Gasteiger partial charge is 0.394 e. The standard InChI is InChI=1S/C8H15N3O/c9-11-10-8(6-12)7-4-2-1-3-5-7/h1-2,7-8,12H,3-6H2,(H2,9,10)/t7?,8-/m1/s1. The minimum Gasteiger partial charge on any atom is -0.394 e. The SMILES string of the molecule is NN=N[C@H](CO)C1CC=CCC1. The average molecular weight is 169 g/mol. The fraction of sp³-hybridized carbons (Fsp3) is 0.750. The molecule has 1 rings (SSSR count). The zero-order chi connectivity index (χ0) is 8.81. The Kier molecular flexibility index (Phi) is 3.73. The van der Waals surface area contributed by atoms with Crippen LogP contribution in [0.25, 0.3) is 0 Å². The molecule has 3 N–H and O–H groups in total. The first-order valence-corrected chi connectivity index (χ1v) is 4.24. The maximum Gasteiger partial charge on any atom is 0.0990 e. The number of hydrogen-bond donors (Lipinski definition) is 2. The first-order valence-electron chi connectivity index (χ1n) is 4.24. The van der Waals surface area contributed by atoms with Crippen molar-refractivity contribution in [2.24, 2.45) is 22.1 Å². The Morgan fingerprint density at radius 3 is 2.92 bits per heavy atom. The summed E-state index contributed by atoms with van der Waals surface area (Å²) >= 11 is 0. The number of aliphatic hydroxyl groups is 1. The van der Waals surface area contributed by atoms with Crippen molar-refractivity contribution in [3.05, 3.63) is 12.2 Å². The van der Waals surface area contributed by atoms with Crippen molar-refractivity contribution < 1.29 is 5.11 Å². The number of rotatable bonds is 3. The van der Waals surface area contributed by atoms with Gasteiger partial charge in [-0.1, -0.05) is 17.4 Å². The molecule has 0 heterocycles. The Bertz CT molecular complexity index is 179. The summed E-state index contributed by atoms with van der Waals surface area (Å²) in [7, 11) is 0. The smallest absolute Gasteiger partial charge is 0.0990 e. The molecule has 0 fully saturated rings. The van der Waals surface area contributed by atoms with Gasteiger partial charge in [0.2, 0.25) is 0 Å². The van der Waals surface area contributed by atoms with Crippen molar-refractivity contribution in [3.63, 3.8) is 0 Å². The summed E-state index contributed by atoms with van der Waals surface area (Å²) in [4.78, 5) is 0. The van der Waals surface area contributed by atoms with Crippen LogP contribution in [0.4, 0.5) is 0 Å². The summed E-state index contributed by atoms with van der Waals surface area (Å²) in [5.74, 6) is 5.35. The number of hydrogen-bond acceptors (Lipinski definition) is 3. The molecule has 4 nitrogen and oxygen atoms in total. The van der Waals surface area contributed by atoms with Crippen molar-refractivity contribution in [2.45, 2.75) is 25.3 Å². The van der Waals surface area contributed by atoms with Crippen LogP contribution in [0.15, 0.2) is 22.5 Å². The molecule has 0 aromatic heterocycles. The Morgan fingerprint density at radius 2 is 2.42 bits per heavy atom. The zero-order valence-corrected chi connectivity index (χ0v) is 7.06. The van der Waals surface area contributed by atoms with Gasteiger partial charge in [0.15, 0.2) is 0 Å². The highest BCUT2D eigenvalue weighted by Crippen LogP contribution is 2.23. The van der Waals surface area contributed by atoms with E-state index < -0.39 is 0 Å². The first-order chi connectivity index (χ1) is 5.88. The van der Waals surface area contributed by atoms with Gasteiger partial charge in [-0.15, -0.1) is 0 Å². The van der Waals surface area contributed by atoms with Crippen molar-refractivity contribution in [1.29, 1.82) is 0 Å². The van der Waals surface area contributed by atoms with Gasteiger partial charge in [0.05, 0.1) is 12.6 Å². The van der Waals surface area contributed by atoms with Crippen LogP contribution in [0.1, 0.15) is 19.3 Å². The van der Waals surface area contributed by atoms with Gasteiger partial charge in [-0.25, -0.2) is 0 Å². The molecule has 4 heteroatoms. The molecule has 0 aromatic carbocycles. The predicted octanol–water partition coefficient (Wildman–Crippen LogP) is 1.03. The van der Waals surface area contributed by atoms with Crippen molar-refractivity contribution in [1.82, 2.24) is 0 Å². The highest BCUT2D eigenvalue weighted by molar-refractivity contribution is 4.93. The fourth-order valence-corrected chi connectivity index (χ4v) is 1.53. The molecule has 0 bridgehead atoms. The summed E-state index contributed by atoms with van der Waals surface area (Å²) < 4.78 is 0. The maximum absolute atomic E-state index is 8.98. The second kappa shape index (κ2) is 4.87. The highest BCUT2D eigenvalue weighted by Gasteiger charge is 2.20. The van der Waals surface area contributed by atoms with Crippen molar-refractivity contribution >= 4 is 0 Å². The maximum atomic E-state index is 8.98. The summed E-state index contributed by atoms with van der Waals surface area (Å²) in [5.41, 5.74) is 0. The molecule has 68 valence electrons. The van der Waals surface area contributed by atoms with Crippen LogP contribution in [0.5, 0.6) is 0 Å². The molecule has 2 atom stereocenters. The van der Waals surface area contributed by atoms with Crippen LogP contribution in [-0.2, 0) is 0 Å². The van der Waals surface area contributed by atoms with Gasteiger partial charge in [-0.2, -0.15) is 5.11 Å². The number of nitrogens with zero attached hydrogens (tertiary/aromatic N) is 2. The normalized spacial score (nSPS) is 26.2. The van der Waals surface area contributed by atoms with E-state index in [2.05, 4.69) is 22.5 Å². The zero-order valence-electron chi connectivity index (χ0n) is 7.06. The van der Waals surface area contributed by atoms with Gasteiger partial charge in [0.25, 0.3) is 0 Å². The lowest BCUT2D eigenvalue weighted by Gasteiger charge is -2.21. The monoisotopic (exact) mass is 169 g/mol. The average Bonchev–Trinajstić information content (AvgIpc) is 2.15. The van der Waals surface area contributed by atoms with Gasteiger partial charge in [-0.05, 0) is 25.2 Å². The Balaban J connectivity index is 2.47. The highest BCUT2D eigenvalue weighted by atomic mass is 16.3. The molecule has 1 aliphatic rings. The molecule has 0 aromatic rings. The number of aliphatic hydroxyl groups excluding tert-OH is 1. The summed E-state index contributed by atoms with van der Waals surface area (Å²) in [6, 6.07) is -0.111. The third-order valence-electron chi connectivity index (χ3n) is 2.26. The van der Waals surface area contributed by atoms with E-state index in [4.69, 9.17) is 10.9 Å². The van der Waals surface area contributed by atoms with E-state index in [0.29, 0.717) is 5.92 Å². The van der Waals surface area contributed by atoms with E-state index in [-0.39, 0.29) is 12.6 Å². The molecule has 12 heavy (non-hydrogen) atoms. The summed E-state index contributed by atoms with van der Waals surface area (Å²) in [6.45, 7) is 0.0409. The minimum absolute atomic E-state index is 0.0409. The lowest BCUT2D eigenvalue weighted by molar-refractivity contribution is 0.215. The number of nitrogens with two attached hydrogens (primary N) is 1. The second-order valence-electron chi connectivity index (χ2n) is 3.03. The Morgan fingerprint density at radius 1 is 1.58 bits per heavy atom. The molecule has 0 aliphatic heterocycles. The van der Waals surface area contributed by atoms with E-state index in [1.54, 1.807) is 0 Å². The van der Waals surface area contributed by atoms with Crippen LogP contribution < -0.4 is 5.84 Å². The second-order valence-corrected chi connectivity index (χ2v) is 3.03. The fourth-order valence-electron chi connectivity index (χ4n) is 1.53. The lowest BCUT2D eigenvalue weighted by Crippen LogP contribution is -2.23. The van der Waals surface area contributed by atoms with Crippen LogP contribution in [0.3, 0.4) is 0 Å². The van der Waals surface area contributed by atoms with Gasteiger partial charge in [0, 0.05) is 0 Å². The van der Waals surface area contributed by atoms with Gasteiger partial charge in [-0.3, -0.25) is 0 Å². The Labute approximate surface area is 72.1 Å². The van der Waals surface area contributed by atoms with E-state index in [1.165, 1.54) is 0 Å². The number of allylic oxidation sites excluding steroid dienone is 2. The van der Waals surface area contributed by atoms with Crippen LogP contribution in [0.2, 0.25) is 0 Å². The van der Waals surface area contributed by atoms with E-state index in [0.717, 1.165) is 19.3 Å². The molecule has 0 saturated carbocycles. The van der Waals surface area contributed by atoms with Gasteiger partial charge in [0.1, 0.15) is 0 Å². The van der Waals surface area contributed by atoms with Gasteiger partial charge >= 0.3 is 0 Å². The minimum atomic E-state index is -0.111. The van der Waals surface area contributed by atoms with E-state index in [9.17, 15) is 0 Å². The van der Waals surface area contributed by atoms with E-state index >= 15 is 0 Å². The van der Waals surface area contributed by atoms with Crippen LogP contribution in [0, 0.1) is 5.92 Å². The molecule has 0 saturated heterocycles. The lowest BCUT2D eigenvalue weighted by atomic mass is 9.88. The van der Waals surface area contributed by atoms with Crippen LogP contribution in [-0.4, -0.2) is 17.8 Å². The molecule has 1 unspecified atom stereocenters. The van der Waals surface area contributed by atoms with Crippen molar-refractivity contribution in [3.8, 4) is 0 Å². The quantitative estimate of drug-likeness (QED) is 0.286. The molecule has 1 aliphatic carbocycles. The van der Waals surface area contributed by atoms with E-state index in [1.807, 2.05) is 0 Å². The van der Waals surface area contributed by atoms with Crippen molar-refractivity contribution in [2.75, 3.05) is 6.61 Å². The molecule has 0 amide bonds. The first kappa shape index (κ1) is 9.19. The molecular formula is C8H15N3O. The topological polar surface area (TPSA) is 71.0 Å². The third-order valence-corrected chi connectivity index (χ3v) is 2.26. The van der Waals surface area contributed by atoms with Crippen LogP contribution >= 0.6 is 0 Å². The Hall–Kier alpha value is -0.900. The summed E-state index contributed by atoms with van der Waals surface area (Å²) in [5, 5.41) is 16.0. The molecule has 0 spiro atoms. The summed E-state index contributed by atoms with van der Waals surface area (Å²) in [6.07, 6.45) is 7.40. The third kappa shape index (κ3) is 2.30.